The van der Waals surface area contributed by atoms with Crippen LogP contribution in [0.1, 0.15) is 54.9 Å². The number of rotatable bonds is 9. The van der Waals surface area contributed by atoms with Gasteiger partial charge in [0.05, 0.1) is 19.1 Å². The van der Waals surface area contributed by atoms with Crippen molar-refractivity contribution in [2.45, 2.75) is 45.2 Å². The molecule has 4 nitrogen and oxygen atoms in total. The predicted octanol–water partition coefficient (Wildman–Crippen LogP) is 4.29. The monoisotopic (exact) mass is 359 g/mol. The highest BCUT2D eigenvalue weighted by molar-refractivity contribution is 5.94. The number of halogens is 3. The van der Waals surface area contributed by atoms with Crippen molar-refractivity contribution in [1.82, 2.24) is 4.90 Å². The molecule has 0 saturated heterocycles. The molecule has 0 atom stereocenters. The van der Waals surface area contributed by atoms with Crippen LogP contribution in [0.25, 0.3) is 0 Å². The second-order valence-corrected chi connectivity index (χ2v) is 5.75. The second kappa shape index (κ2) is 10.1. The largest absolute Gasteiger partial charge is 0.469 e. The van der Waals surface area contributed by atoms with Gasteiger partial charge in [-0.3, -0.25) is 9.59 Å². The van der Waals surface area contributed by atoms with E-state index >= 15 is 0 Å². The van der Waals surface area contributed by atoms with E-state index in [4.69, 9.17) is 0 Å². The summed E-state index contributed by atoms with van der Waals surface area (Å²) in [6.07, 6.45) is -0.565. The van der Waals surface area contributed by atoms with E-state index in [0.29, 0.717) is 6.54 Å². The van der Waals surface area contributed by atoms with Gasteiger partial charge < -0.3 is 9.64 Å². The summed E-state index contributed by atoms with van der Waals surface area (Å²) in [4.78, 5) is 25.4. The number of methoxy groups -OCH3 is 1. The maximum atomic E-state index is 12.6. The zero-order valence-electron chi connectivity index (χ0n) is 14.6. The lowest BCUT2D eigenvalue weighted by atomic mass is 10.1. The summed E-state index contributed by atoms with van der Waals surface area (Å²) >= 11 is 0. The first-order chi connectivity index (χ1) is 11.8. The first-order valence-corrected chi connectivity index (χ1v) is 8.33. The number of alkyl halides is 3. The van der Waals surface area contributed by atoms with Crippen molar-refractivity contribution in [3.8, 4) is 0 Å². The van der Waals surface area contributed by atoms with Crippen LogP contribution in [0.3, 0.4) is 0 Å². The van der Waals surface area contributed by atoms with Crippen LogP contribution in [-0.2, 0) is 15.7 Å². The summed E-state index contributed by atoms with van der Waals surface area (Å²) in [5, 5.41) is 0. The molecule has 0 radical (unpaired) electrons. The first kappa shape index (κ1) is 21.0. The Hall–Kier alpha value is -2.05. The van der Waals surface area contributed by atoms with Crippen molar-refractivity contribution in [3.05, 3.63) is 35.4 Å². The van der Waals surface area contributed by atoms with Gasteiger partial charge in [0.25, 0.3) is 5.91 Å². The number of carbonyl (C=O) groups excluding carboxylic acids is 2. The van der Waals surface area contributed by atoms with Gasteiger partial charge >= 0.3 is 12.1 Å². The minimum atomic E-state index is -4.44. The van der Waals surface area contributed by atoms with Crippen LogP contribution in [-0.4, -0.2) is 37.0 Å². The number of carbonyl (C=O) groups is 2. The van der Waals surface area contributed by atoms with Gasteiger partial charge in [0.15, 0.2) is 0 Å². The van der Waals surface area contributed by atoms with Gasteiger partial charge in [0.2, 0.25) is 0 Å². The zero-order valence-corrected chi connectivity index (χ0v) is 14.6. The molecule has 1 amide bonds. The minimum Gasteiger partial charge on any atom is -0.469 e. The highest BCUT2D eigenvalue weighted by Gasteiger charge is 2.30. The summed E-state index contributed by atoms with van der Waals surface area (Å²) in [7, 11) is 1.27. The molecule has 140 valence electrons. The van der Waals surface area contributed by atoms with Crippen molar-refractivity contribution < 1.29 is 27.5 Å². The molecule has 1 aromatic rings. The van der Waals surface area contributed by atoms with Crippen LogP contribution in [0, 0.1) is 0 Å². The standard InChI is InChI=1S/C18H24F3NO3/c1-3-4-5-6-12-22(13-11-16(23)25-2)17(24)14-7-9-15(10-8-14)18(19,20)21/h7-10H,3-6,11-13H2,1-2H3. The molecule has 0 unspecified atom stereocenters. The Morgan fingerprint density at radius 2 is 1.68 bits per heavy atom. The smallest absolute Gasteiger partial charge is 0.416 e. The Morgan fingerprint density at radius 3 is 2.20 bits per heavy atom. The second-order valence-electron chi connectivity index (χ2n) is 5.75. The number of hydrogen-bond acceptors (Lipinski definition) is 3. The number of benzene rings is 1. The number of unbranched alkanes of at least 4 members (excludes halogenated alkanes) is 3. The number of hydrogen-bond donors (Lipinski definition) is 0. The van der Waals surface area contributed by atoms with E-state index in [2.05, 4.69) is 11.7 Å². The predicted molar refractivity (Wildman–Crippen MR) is 88.1 cm³/mol. The van der Waals surface area contributed by atoms with Gasteiger partial charge in [-0.1, -0.05) is 26.2 Å². The molecule has 0 aliphatic rings. The Balaban J connectivity index is 2.80. The van der Waals surface area contributed by atoms with Gasteiger partial charge in [-0.25, -0.2) is 0 Å². The average molecular weight is 359 g/mol. The van der Waals surface area contributed by atoms with Crippen LogP contribution >= 0.6 is 0 Å². The lowest BCUT2D eigenvalue weighted by Gasteiger charge is -2.22. The third-order valence-corrected chi connectivity index (χ3v) is 3.84. The Labute approximate surface area is 146 Å². The molecule has 1 aromatic carbocycles. The molecule has 0 aromatic heterocycles. The van der Waals surface area contributed by atoms with Crippen molar-refractivity contribution in [1.29, 1.82) is 0 Å². The summed E-state index contributed by atoms with van der Waals surface area (Å²) in [5.41, 5.74) is -0.624. The highest BCUT2D eigenvalue weighted by Crippen LogP contribution is 2.29. The SMILES string of the molecule is CCCCCCN(CCC(=O)OC)C(=O)c1ccc(C(F)(F)F)cc1. The molecule has 0 spiro atoms. The Kier molecular flexibility index (Phi) is 8.45. The quantitative estimate of drug-likeness (QED) is 0.488. The minimum absolute atomic E-state index is 0.0522. The van der Waals surface area contributed by atoms with Crippen LogP contribution in [0.4, 0.5) is 13.2 Å². The number of amides is 1. The molecular weight excluding hydrogens is 335 g/mol. The zero-order chi connectivity index (χ0) is 18.9. The molecule has 0 saturated carbocycles. The molecular formula is C18H24F3NO3. The summed E-state index contributed by atoms with van der Waals surface area (Å²) < 4.78 is 42.4. The van der Waals surface area contributed by atoms with E-state index in [1.165, 1.54) is 24.1 Å². The molecule has 0 bridgehead atoms. The number of nitrogens with zero attached hydrogens (tertiary/aromatic N) is 1. The topological polar surface area (TPSA) is 46.6 Å². The normalized spacial score (nSPS) is 11.2. The number of ether oxygens (including phenoxy) is 1. The highest BCUT2D eigenvalue weighted by atomic mass is 19.4. The molecule has 7 heteroatoms. The van der Waals surface area contributed by atoms with Crippen molar-refractivity contribution >= 4 is 11.9 Å². The lowest BCUT2D eigenvalue weighted by molar-refractivity contribution is -0.141. The van der Waals surface area contributed by atoms with Gasteiger partial charge in [0.1, 0.15) is 0 Å². The van der Waals surface area contributed by atoms with E-state index in [0.717, 1.165) is 37.8 Å². The maximum Gasteiger partial charge on any atom is 0.416 e. The molecule has 0 aliphatic heterocycles. The van der Waals surface area contributed by atoms with Gasteiger partial charge in [-0.15, -0.1) is 0 Å². The van der Waals surface area contributed by atoms with Gasteiger partial charge in [0, 0.05) is 18.7 Å². The van der Waals surface area contributed by atoms with E-state index in [9.17, 15) is 22.8 Å². The number of esters is 1. The van der Waals surface area contributed by atoms with Crippen LogP contribution in [0.5, 0.6) is 0 Å². The van der Waals surface area contributed by atoms with Crippen LogP contribution < -0.4 is 0 Å². The van der Waals surface area contributed by atoms with Crippen molar-refractivity contribution in [3.63, 3.8) is 0 Å². The molecule has 0 fully saturated rings. The fourth-order valence-corrected chi connectivity index (χ4v) is 2.36. The molecule has 0 heterocycles. The summed E-state index contributed by atoms with van der Waals surface area (Å²) in [5.74, 6) is -0.812. The molecule has 0 N–H and O–H groups in total. The Morgan fingerprint density at radius 1 is 1.04 bits per heavy atom. The maximum absolute atomic E-state index is 12.6. The fourth-order valence-electron chi connectivity index (χ4n) is 2.36. The Bertz CT molecular complexity index is 556. The average Bonchev–Trinajstić information content (AvgIpc) is 2.59. The van der Waals surface area contributed by atoms with Gasteiger partial charge in [-0.2, -0.15) is 13.2 Å². The molecule has 1 rings (SSSR count). The third-order valence-electron chi connectivity index (χ3n) is 3.84. The van der Waals surface area contributed by atoms with E-state index in [-0.39, 0.29) is 24.4 Å². The summed E-state index contributed by atoms with van der Waals surface area (Å²) in [6.45, 7) is 2.71. The van der Waals surface area contributed by atoms with E-state index in [1.807, 2.05) is 0 Å². The third kappa shape index (κ3) is 7.15. The molecule has 0 aliphatic carbocycles. The lowest BCUT2D eigenvalue weighted by Crippen LogP contribution is -2.34. The fraction of sp³-hybridized carbons (Fsp3) is 0.556. The first-order valence-electron chi connectivity index (χ1n) is 8.33. The summed E-state index contributed by atoms with van der Waals surface area (Å²) in [6, 6.07) is 4.12. The molecule has 25 heavy (non-hydrogen) atoms. The van der Waals surface area contributed by atoms with Crippen molar-refractivity contribution in [2.75, 3.05) is 20.2 Å². The van der Waals surface area contributed by atoms with E-state index in [1.54, 1.807) is 0 Å². The van der Waals surface area contributed by atoms with Gasteiger partial charge in [-0.05, 0) is 30.7 Å². The van der Waals surface area contributed by atoms with Crippen LogP contribution in [0.15, 0.2) is 24.3 Å². The van der Waals surface area contributed by atoms with E-state index < -0.39 is 17.7 Å². The van der Waals surface area contributed by atoms with Crippen LogP contribution in [0.2, 0.25) is 0 Å². The van der Waals surface area contributed by atoms with Crippen molar-refractivity contribution in [2.24, 2.45) is 0 Å².